The standard InChI is InChI=1S/C14H14O2/c15-14(11-13-8-9-13)16-10-4-7-12-5-2-1-3-6-12/h1-7,11H,8-10H2/b7-4+. The predicted molar refractivity (Wildman–Crippen MR) is 63.8 cm³/mol. The second-order valence-electron chi connectivity index (χ2n) is 3.75. The van der Waals surface area contributed by atoms with Crippen molar-refractivity contribution in [3.05, 3.63) is 53.6 Å². The van der Waals surface area contributed by atoms with Crippen LogP contribution in [0.3, 0.4) is 0 Å². The zero-order valence-corrected chi connectivity index (χ0v) is 9.06. The molecule has 0 radical (unpaired) electrons. The Labute approximate surface area is 95.2 Å². The molecule has 2 rings (SSSR count). The van der Waals surface area contributed by atoms with Gasteiger partial charge in [0.25, 0.3) is 0 Å². The zero-order chi connectivity index (χ0) is 11.2. The lowest BCUT2D eigenvalue weighted by atomic mass is 10.2. The van der Waals surface area contributed by atoms with Gasteiger partial charge in [-0.2, -0.15) is 0 Å². The number of ether oxygens (including phenoxy) is 1. The molecule has 2 nitrogen and oxygen atoms in total. The molecule has 1 aromatic rings. The van der Waals surface area contributed by atoms with Gasteiger partial charge in [0.15, 0.2) is 0 Å². The fourth-order valence-electron chi connectivity index (χ4n) is 1.30. The summed E-state index contributed by atoms with van der Waals surface area (Å²) < 4.78 is 5.01. The van der Waals surface area contributed by atoms with E-state index in [0.717, 1.165) is 18.4 Å². The minimum atomic E-state index is -0.231. The van der Waals surface area contributed by atoms with Crippen LogP contribution in [0.25, 0.3) is 6.08 Å². The van der Waals surface area contributed by atoms with Crippen molar-refractivity contribution in [2.24, 2.45) is 0 Å². The van der Waals surface area contributed by atoms with Crippen molar-refractivity contribution >= 4 is 12.0 Å². The van der Waals surface area contributed by atoms with Gasteiger partial charge in [-0.25, -0.2) is 4.79 Å². The molecule has 2 heteroatoms. The van der Waals surface area contributed by atoms with Crippen LogP contribution in [0.2, 0.25) is 0 Å². The SMILES string of the molecule is O=C(C=C1CC1)OC/C=C/c1ccccc1. The summed E-state index contributed by atoms with van der Waals surface area (Å²) in [6.07, 6.45) is 7.48. The molecule has 0 aliphatic heterocycles. The lowest BCUT2D eigenvalue weighted by Gasteiger charge is -1.96. The minimum absolute atomic E-state index is 0.231. The molecule has 1 saturated carbocycles. The third-order valence-corrected chi connectivity index (χ3v) is 2.29. The number of carbonyl (C=O) groups is 1. The molecule has 0 N–H and O–H groups in total. The Kier molecular flexibility index (Phi) is 3.54. The molecular formula is C14H14O2. The van der Waals surface area contributed by atoms with Gasteiger partial charge >= 0.3 is 5.97 Å². The molecule has 1 aromatic carbocycles. The summed E-state index contributed by atoms with van der Waals surface area (Å²) in [5.41, 5.74) is 2.30. The van der Waals surface area contributed by atoms with Crippen LogP contribution in [0.1, 0.15) is 18.4 Å². The van der Waals surface area contributed by atoms with Crippen molar-refractivity contribution in [3.63, 3.8) is 0 Å². The summed E-state index contributed by atoms with van der Waals surface area (Å²) in [7, 11) is 0. The minimum Gasteiger partial charge on any atom is -0.458 e. The number of esters is 1. The number of rotatable bonds is 4. The third kappa shape index (κ3) is 3.73. The van der Waals surface area contributed by atoms with Gasteiger partial charge in [0.1, 0.15) is 6.61 Å². The van der Waals surface area contributed by atoms with Gasteiger partial charge in [-0.3, -0.25) is 0 Å². The third-order valence-electron chi connectivity index (χ3n) is 2.29. The van der Waals surface area contributed by atoms with E-state index in [9.17, 15) is 4.79 Å². The van der Waals surface area contributed by atoms with E-state index in [1.807, 2.05) is 42.5 Å². The molecule has 1 aliphatic rings. The molecule has 0 spiro atoms. The number of allylic oxidation sites excluding steroid dienone is 1. The molecule has 0 amide bonds. The van der Waals surface area contributed by atoms with Crippen LogP contribution in [0.15, 0.2) is 48.1 Å². The van der Waals surface area contributed by atoms with E-state index in [1.54, 1.807) is 6.08 Å². The molecule has 0 bridgehead atoms. The summed E-state index contributed by atoms with van der Waals surface area (Å²) in [5.74, 6) is -0.231. The fraction of sp³-hybridized carbons (Fsp3) is 0.214. The Morgan fingerprint density at radius 2 is 2.00 bits per heavy atom. The van der Waals surface area contributed by atoms with Crippen molar-refractivity contribution in [2.75, 3.05) is 6.61 Å². The predicted octanol–water partition coefficient (Wildman–Crippen LogP) is 2.96. The second kappa shape index (κ2) is 5.31. The highest BCUT2D eigenvalue weighted by Gasteiger charge is 2.12. The van der Waals surface area contributed by atoms with E-state index < -0.39 is 0 Å². The number of benzene rings is 1. The highest BCUT2D eigenvalue weighted by molar-refractivity contribution is 5.83. The normalized spacial score (nSPS) is 13.9. The van der Waals surface area contributed by atoms with E-state index in [0.29, 0.717) is 6.61 Å². The van der Waals surface area contributed by atoms with Gasteiger partial charge in [0, 0.05) is 6.08 Å². The molecule has 1 aliphatic carbocycles. The summed E-state index contributed by atoms with van der Waals surface area (Å²) >= 11 is 0. The van der Waals surface area contributed by atoms with E-state index in [2.05, 4.69) is 0 Å². The average molecular weight is 214 g/mol. The molecule has 1 fully saturated rings. The molecule has 16 heavy (non-hydrogen) atoms. The topological polar surface area (TPSA) is 26.3 Å². The Balaban J connectivity index is 1.73. The van der Waals surface area contributed by atoms with Gasteiger partial charge in [-0.15, -0.1) is 0 Å². The van der Waals surface area contributed by atoms with E-state index in [-0.39, 0.29) is 5.97 Å². The van der Waals surface area contributed by atoms with Gasteiger partial charge < -0.3 is 4.74 Å². The Hall–Kier alpha value is -1.83. The van der Waals surface area contributed by atoms with Gasteiger partial charge in [0.2, 0.25) is 0 Å². The van der Waals surface area contributed by atoms with Crippen molar-refractivity contribution in [1.29, 1.82) is 0 Å². The molecule has 0 atom stereocenters. The maximum atomic E-state index is 11.2. The summed E-state index contributed by atoms with van der Waals surface area (Å²) in [6.45, 7) is 0.331. The van der Waals surface area contributed by atoms with Crippen molar-refractivity contribution in [3.8, 4) is 0 Å². The van der Waals surface area contributed by atoms with E-state index in [1.165, 1.54) is 5.57 Å². The van der Waals surface area contributed by atoms with Gasteiger partial charge in [-0.05, 0) is 24.5 Å². The fourth-order valence-corrected chi connectivity index (χ4v) is 1.30. The number of hydrogen-bond acceptors (Lipinski definition) is 2. The average Bonchev–Trinajstić information content (AvgIpc) is 3.10. The highest BCUT2D eigenvalue weighted by Crippen LogP contribution is 2.27. The summed E-state index contributed by atoms with van der Waals surface area (Å²) in [5, 5.41) is 0. The van der Waals surface area contributed by atoms with Crippen LogP contribution in [0.5, 0.6) is 0 Å². The van der Waals surface area contributed by atoms with Crippen LogP contribution in [0.4, 0.5) is 0 Å². The van der Waals surface area contributed by atoms with Crippen molar-refractivity contribution in [1.82, 2.24) is 0 Å². The zero-order valence-electron chi connectivity index (χ0n) is 9.06. The van der Waals surface area contributed by atoms with Crippen LogP contribution in [-0.2, 0) is 9.53 Å². The van der Waals surface area contributed by atoms with Crippen LogP contribution in [-0.4, -0.2) is 12.6 Å². The maximum absolute atomic E-state index is 11.2. The molecule has 0 heterocycles. The Morgan fingerprint density at radius 1 is 1.25 bits per heavy atom. The lowest BCUT2D eigenvalue weighted by molar-refractivity contribution is -0.136. The summed E-state index contributed by atoms with van der Waals surface area (Å²) in [4.78, 5) is 11.2. The van der Waals surface area contributed by atoms with Crippen molar-refractivity contribution in [2.45, 2.75) is 12.8 Å². The highest BCUT2D eigenvalue weighted by atomic mass is 16.5. The van der Waals surface area contributed by atoms with E-state index in [4.69, 9.17) is 4.74 Å². The molecular weight excluding hydrogens is 200 g/mol. The first-order chi connectivity index (χ1) is 7.84. The molecule has 0 unspecified atom stereocenters. The number of carbonyl (C=O) groups excluding carboxylic acids is 1. The first-order valence-corrected chi connectivity index (χ1v) is 5.42. The largest absolute Gasteiger partial charge is 0.458 e. The van der Waals surface area contributed by atoms with Crippen molar-refractivity contribution < 1.29 is 9.53 Å². The Bertz CT molecular complexity index is 410. The maximum Gasteiger partial charge on any atom is 0.331 e. The smallest absolute Gasteiger partial charge is 0.331 e. The molecule has 0 aromatic heterocycles. The van der Waals surface area contributed by atoms with Crippen LogP contribution in [0, 0.1) is 0 Å². The van der Waals surface area contributed by atoms with Gasteiger partial charge in [-0.1, -0.05) is 42.0 Å². The summed E-state index contributed by atoms with van der Waals surface area (Å²) in [6, 6.07) is 9.93. The first kappa shape index (κ1) is 10.7. The first-order valence-electron chi connectivity index (χ1n) is 5.42. The molecule has 82 valence electrons. The lowest BCUT2D eigenvalue weighted by Crippen LogP contribution is -1.99. The van der Waals surface area contributed by atoms with Crippen LogP contribution >= 0.6 is 0 Å². The van der Waals surface area contributed by atoms with Gasteiger partial charge in [0.05, 0.1) is 0 Å². The van der Waals surface area contributed by atoms with E-state index >= 15 is 0 Å². The second-order valence-corrected chi connectivity index (χ2v) is 3.75. The Morgan fingerprint density at radius 3 is 2.69 bits per heavy atom. The quantitative estimate of drug-likeness (QED) is 0.569. The van der Waals surface area contributed by atoms with Crippen LogP contribution < -0.4 is 0 Å². The molecule has 0 saturated heterocycles. The monoisotopic (exact) mass is 214 g/mol. The number of hydrogen-bond donors (Lipinski definition) is 0.